The van der Waals surface area contributed by atoms with Gasteiger partial charge < -0.3 is 19.9 Å². The fraction of sp³-hybridized carbons (Fsp3) is 0.316. The van der Waals surface area contributed by atoms with Gasteiger partial charge in [-0.05, 0) is 29.3 Å². The van der Waals surface area contributed by atoms with Crippen LogP contribution in [-0.2, 0) is 4.74 Å². The number of alkyl halides is 2. The summed E-state index contributed by atoms with van der Waals surface area (Å²) in [5.41, 5.74) is 7.18. The van der Waals surface area contributed by atoms with Gasteiger partial charge >= 0.3 is 12.7 Å². The summed E-state index contributed by atoms with van der Waals surface area (Å²) in [4.78, 5) is 11.3. The van der Waals surface area contributed by atoms with E-state index in [1.807, 2.05) is 32.0 Å². The number of rotatable bonds is 4. The lowest BCUT2D eigenvalue weighted by Gasteiger charge is -2.38. The molecule has 7 heteroatoms. The third-order valence-corrected chi connectivity index (χ3v) is 4.25. The quantitative estimate of drug-likeness (QED) is 0.868. The third kappa shape index (κ3) is 3.71. The molecular formula is C19H19F2NO4. The summed E-state index contributed by atoms with van der Waals surface area (Å²) < 4.78 is 40.0. The van der Waals surface area contributed by atoms with Crippen molar-refractivity contribution in [3.8, 4) is 22.6 Å². The third-order valence-electron chi connectivity index (χ3n) is 4.25. The Bertz CT molecular complexity index is 806. The molecule has 1 amide bonds. The number of nitrogens with two attached hydrogens (primary N) is 1. The Morgan fingerprint density at radius 3 is 2.46 bits per heavy atom. The molecule has 0 aliphatic carbocycles. The predicted molar refractivity (Wildman–Crippen MR) is 91.2 cm³/mol. The minimum atomic E-state index is -2.86. The van der Waals surface area contributed by atoms with Crippen LogP contribution in [0.25, 0.3) is 11.1 Å². The van der Waals surface area contributed by atoms with Crippen molar-refractivity contribution >= 4 is 6.09 Å². The van der Waals surface area contributed by atoms with E-state index in [2.05, 4.69) is 4.74 Å². The molecule has 2 aromatic carbocycles. The predicted octanol–water partition coefficient (Wildman–Crippen LogP) is 4.51. The number of carbonyl (C=O) groups is 1. The van der Waals surface area contributed by atoms with Crippen LogP contribution in [0.15, 0.2) is 42.5 Å². The van der Waals surface area contributed by atoms with Crippen LogP contribution >= 0.6 is 0 Å². The molecule has 0 bridgehead atoms. The Labute approximate surface area is 149 Å². The molecule has 0 spiro atoms. The summed E-state index contributed by atoms with van der Waals surface area (Å²) in [5.74, 6) is 0.690. The SMILES string of the molecule is CC1(C)COc2cc(-c3ccc(OC(F)F)cc3)ccc2C1OC(N)=O. The highest BCUT2D eigenvalue weighted by molar-refractivity contribution is 5.68. The second-order valence-electron chi connectivity index (χ2n) is 6.75. The van der Waals surface area contributed by atoms with Crippen molar-refractivity contribution < 1.29 is 27.8 Å². The molecule has 2 aromatic rings. The van der Waals surface area contributed by atoms with Crippen molar-refractivity contribution in [2.75, 3.05) is 6.61 Å². The van der Waals surface area contributed by atoms with Gasteiger partial charge in [0.05, 0.1) is 6.61 Å². The minimum absolute atomic E-state index is 0.0923. The molecule has 26 heavy (non-hydrogen) atoms. The number of fused-ring (bicyclic) bond motifs is 1. The number of hydrogen-bond acceptors (Lipinski definition) is 4. The Balaban J connectivity index is 1.90. The average molecular weight is 363 g/mol. The van der Waals surface area contributed by atoms with Crippen molar-refractivity contribution in [2.45, 2.75) is 26.6 Å². The van der Waals surface area contributed by atoms with Gasteiger partial charge in [-0.1, -0.05) is 38.1 Å². The maximum atomic E-state index is 12.2. The van der Waals surface area contributed by atoms with Crippen molar-refractivity contribution in [2.24, 2.45) is 11.1 Å². The molecule has 0 aromatic heterocycles. The van der Waals surface area contributed by atoms with E-state index in [4.69, 9.17) is 15.2 Å². The summed E-state index contributed by atoms with van der Waals surface area (Å²) in [6.07, 6.45) is -1.35. The lowest BCUT2D eigenvalue weighted by Crippen LogP contribution is -2.37. The van der Waals surface area contributed by atoms with Crippen LogP contribution in [0.3, 0.4) is 0 Å². The number of halogens is 2. The number of amides is 1. The first kappa shape index (κ1) is 18.0. The van der Waals surface area contributed by atoms with Crippen molar-refractivity contribution in [1.82, 2.24) is 0 Å². The first-order chi connectivity index (χ1) is 12.3. The molecule has 1 unspecified atom stereocenters. The topological polar surface area (TPSA) is 70.8 Å². The molecule has 0 saturated heterocycles. The zero-order valence-electron chi connectivity index (χ0n) is 14.4. The first-order valence-electron chi connectivity index (χ1n) is 8.04. The van der Waals surface area contributed by atoms with Crippen LogP contribution in [-0.4, -0.2) is 19.3 Å². The molecule has 0 saturated carbocycles. The van der Waals surface area contributed by atoms with E-state index in [0.29, 0.717) is 12.4 Å². The summed E-state index contributed by atoms with van der Waals surface area (Å²) >= 11 is 0. The van der Waals surface area contributed by atoms with Crippen LogP contribution in [0.4, 0.5) is 13.6 Å². The smallest absolute Gasteiger partial charge is 0.405 e. The van der Waals surface area contributed by atoms with Gasteiger partial charge in [-0.15, -0.1) is 0 Å². The van der Waals surface area contributed by atoms with Gasteiger partial charge in [0.2, 0.25) is 0 Å². The molecule has 3 rings (SSSR count). The Kier molecular flexibility index (Phi) is 4.71. The fourth-order valence-electron chi connectivity index (χ4n) is 2.98. The van der Waals surface area contributed by atoms with Crippen molar-refractivity contribution in [1.29, 1.82) is 0 Å². The molecule has 0 radical (unpaired) electrons. The minimum Gasteiger partial charge on any atom is -0.492 e. The van der Waals surface area contributed by atoms with E-state index < -0.39 is 24.2 Å². The van der Waals surface area contributed by atoms with E-state index in [1.165, 1.54) is 12.1 Å². The highest BCUT2D eigenvalue weighted by Crippen LogP contribution is 2.46. The highest BCUT2D eigenvalue weighted by Gasteiger charge is 2.40. The average Bonchev–Trinajstić information content (AvgIpc) is 2.57. The monoisotopic (exact) mass is 363 g/mol. The number of ether oxygens (including phenoxy) is 3. The zero-order valence-corrected chi connectivity index (χ0v) is 14.4. The molecule has 1 atom stereocenters. The van der Waals surface area contributed by atoms with E-state index in [-0.39, 0.29) is 5.75 Å². The van der Waals surface area contributed by atoms with Crippen LogP contribution in [0.2, 0.25) is 0 Å². The van der Waals surface area contributed by atoms with Crippen LogP contribution in [0, 0.1) is 5.41 Å². The van der Waals surface area contributed by atoms with Crippen LogP contribution < -0.4 is 15.2 Å². The summed E-state index contributed by atoms with van der Waals surface area (Å²) in [6, 6.07) is 11.8. The fourth-order valence-corrected chi connectivity index (χ4v) is 2.98. The second kappa shape index (κ2) is 6.82. The second-order valence-corrected chi connectivity index (χ2v) is 6.75. The van der Waals surface area contributed by atoms with E-state index in [0.717, 1.165) is 16.7 Å². The normalized spacial score (nSPS) is 18.0. The molecule has 0 fully saturated rings. The zero-order chi connectivity index (χ0) is 18.9. The maximum Gasteiger partial charge on any atom is 0.405 e. The largest absolute Gasteiger partial charge is 0.492 e. The maximum absolute atomic E-state index is 12.2. The van der Waals surface area contributed by atoms with Gasteiger partial charge in [-0.25, -0.2) is 4.79 Å². The highest BCUT2D eigenvalue weighted by atomic mass is 19.3. The van der Waals surface area contributed by atoms with E-state index in [1.54, 1.807) is 12.1 Å². The van der Waals surface area contributed by atoms with Gasteiger partial charge in [0.15, 0.2) is 0 Å². The molecule has 1 aliphatic rings. The van der Waals surface area contributed by atoms with Crippen LogP contribution in [0.5, 0.6) is 11.5 Å². The summed E-state index contributed by atoms with van der Waals surface area (Å²) in [5, 5.41) is 0. The van der Waals surface area contributed by atoms with E-state index in [9.17, 15) is 13.6 Å². The Morgan fingerprint density at radius 1 is 1.19 bits per heavy atom. The van der Waals surface area contributed by atoms with Gasteiger partial charge in [0.1, 0.15) is 17.6 Å². The first-order valence-corrected chi connectivity index (χ1v) is 8.04. The Hall–Kier alpha value is -2.83. The summed E-state index contributed by atoms with van der Waals surface area (Å²) in [6.45, 7) is 1.37. The van der Waals surface area contributed by atoms with Gasteiger partial charge in [-0.3, -0.25) is 0 Å². The molecule has 1 heterocycles. The lowest BCUT2D eigenvalue weighted by molar-refractivity contribution is -0.0498. The molecule has 5 nitrogen and oxygen atoms in total. The lowest BCUT2D eigenvalue weighted by atomic mass is 9.80. The van der Waals surface area contributed by atoms with Gasteiger partial charge in [0, 0.05) is 11.0 Å². The van der Waals surface area contributed by atoms with E-state index >= 15 is 0 Å². The molecular weight excluding hydrogens is 344 g/mol. The molecule has 1 aliphatic heterocycles. The van der Waals surface area contributed by atoms with Gasteiger partial charge in [0.25, 0.3) is 0 Å². The number of carbonyl (C=O) groups excluding carboxylic acids is 1. The number of primary amides is 1. The van der Waals surface area contributed by atoms with Crippen molar-refractivity contribution in [3.63, 3.8) is 0 Å². The number of hydrogen-bond donors (Lipinski definition) is 1. The standard InChI is InChI=1S/C19H19F2NO4/c1-19(2)10-24-15-9-12(5-8-14(15)16(19)26-18(22)23)11-3-6-13(7-4-11)25-17(20)21/h3-9,16-17H,10H2,1-2H3,(H2,22,23). The van der Waals surface area contributed by atoms with Gasteiger partial charge in [-0.2, -0.15) is 8.78 Å². The summed E-state index contributed by atoms with van der Waals surface area (Å²) in [7, 11) is 0. The molecule has 138 valence electrons. The number of benzene rings is 2. The Morgan fingerprint density at radius 2 is 1.85 bits per heavy atom. The van der Waals surface area contributed by atoms with Crippen LogP contribution in [0.1, 0.15) is 25.5 Å². The molecule has 2 N–H and O–H groups in total. The van der Waals surface area contributed by atoms with Crippen molar-refractivity contribution in [3.05, 3.63) is 48.0 Å².